The molecule has 3 nitrogen and oxygen atoms in total. The number of hydrogen-bond acceptors (Lipinski definition) is 3. The Kier molecular flexibility index (Phi) is 4.69. The van der Waals surface area contributed by atoms with E-state index in [9.17, 15) is 0 Å². The van der Waals surface area contributed by atoms with Crippen LogP contribution in [-0.4, -0.2) is 13.2 Å². The third-order valence-corrected chi connectivity index (χ3v) is 3.15. The van der Waals surface area contributed by atoms with E-state index in [2.05, 4.69) is 57.5 Å². The largest absolute Gasteiger partial charge is 0.303 e. The van der Waals surface area contributed by atoms with E-state index in [1.54, 1.807) is 0 Å². The van der Waals surface area contributed by atoms with Crippen LogP contribution in [0.1, 0.15) is 36.1 Å². The summed E-state index contributed by atoms with van der Waals surface area (Å²) in [6, 6.07) is 4.51. The number of benzene rings is 1. The maximum absolute atomic E-state index is 5.26. The number of nitrogens with two attached hydrogens (primary N) is 1. The second-order valence-corrected chi connectivity index (χ2v) is 5.47. The normalized spacial score (nSPS) is 11.9. The van der Waals surface area contributed by atoms with E-state index in [4.69, 9.17) is 5.84 Å². The van der Waals surface area contributed by atoms with Crippen LogP contribution in [-0.2, 0) is 5.41 Å². The first-order valence-corrected chi connectivity index (χ1v) is 6.11. The predicted molar refractivity (Wildman–Crippen MR) is 73.9 cm³/mol. The molecule has 0 fully saturated rings. The molecule has 0 amide bonds. The molecule has 4 N–H and O–H groups in total. The Hall–Kier alpha value is -0.900. The summed E-state index contributed by atoms with van der Waals surface area (Å²) in [5.41, 5.74) is 8.24. The van der Waals surface area contributed by atoms with Crippen LogP contribution in [0.5, 0.6) is 0 Å². The third-order valence-electron chi connectivity index (χ3n) is 3.15. The van der Waals surface area contributed by atoms with Crippen molar-refractivity contribution in [3.8, 4) is 0 Å². The molecule has 0 aromatic heterocycles. The molecule has 0 saturated heterocycles. The molecule has 0 radical (unpaired) electrons. The van der Waals surface area contributed by atoms with Crippen molar-refractivity contribution in [2.24, 2.45) is 5.84 Å². The van der Waals surface area contributed by atoms with Gasteiger partial charge in [0.1, 0.15) is 0 Å². The molecular weight excluding hydrogens is 210 g/mol. The van der Waals surface area contributed by atoms with Gasteiger partial charge in [0.25, 0.3) is 0 Å². The van der Waals surface area contributed by atoms with Gasteiger partial charge in [0.2, 0.25) is 0 Å². The van der Waals surface area contributed by atoms with Gasteiger partial charge < -0.3 is 5.32 Å². The molecule has 0 bridgehead atoms. The van der Waals surface area contributed by atoms with Crippen LogP contribution in [0.4, 0.5) is 0 Å². The topological polar surface area (TPSA) is 50.1 Å². The van der Waals surface area contributed by atoms with Gasteiger partial charge in [-0.3, -0.25) is 5.84 Å². The first-order valence-electron chi connectivity index (χ1n) is 6.11. The van der Waals surface area contributed by atoms with Gasteiger partial charge in [-0.1, -0.05) is 31.5 Å². The van der Waals surface area contributed by atoms with Gasteiger partial charge in [0, 0.05) is 12.0 Å². The maximum Gasteiger partial charge on any atom is 0.0587 e. The number of hydrogen-bond donors (Lipinski definition) is 3. The zero-order valence-corrected chi connectivity index (χ0v) is 11.6. The summed E-state index contributed by atoms with van der Waals surface area (Å²) in [6.45, 7) is 12.6. The predicted octanol–water partition coefficient (Wildman–Crippen LogP) is 1.90. The van der Waals surface area contributed by atoms with E-state index in [0.717, 1.165) is 6.54 Å². The van der Waals surface area contributed by atoms with Gasteiger partial charge in [-0.2, -0.15) is 0 Å². The summed E-state index contributed by atoms with van der Waals surface area (Å²) in [5, 5.41) is 3.31. The Morgan fingerprint density at radius 3 is 2.12 bits per heavy atom. The molecule has 0 atom stereocenters. The third kappa shape index (κ3) is 3.53. The van der Waals surface area contributed by atoms with E-state index < -0.39 is 0 Å². The lowest BCUT2D eigenvalue weighted by atomic mass is 9.79. The summed E-state index contributed by atoms with van der Waals surface area (Å²) in [4.78, 5) is 0. The molecule has 1 rings (SSSR count). The zero-order chi connectivity index (χ0) is 13.1. The van der Waals surface area contributed by atoms with Crippen molar-refractivity contribution in [3.63, 3.8) is 0 Å². The van der Waals surface area contributed by atoms with Crippen LogP contribution >= 0.6 is 0 Å². The molecule has 0 aliphatic carbocycles. The molecule has 1 aromatic rings. The van der Waals surface area contributed by atoms with Crippen LogP contribution in [0, 0.1) is 20.8 Å². The molecule has 96 valence electrons. The minimum absolute atomic E-state index is 0.110. The Morgan fingerprint density at radius 1 is 1.12 bits per heavy atom. The van der Waals surface area contributed by atoms with Crippen molar-refractivity contribution in [2.75, 3.05) is 13.2 Å². The van der Waals surface area contributed by atoms with Crippen molar-refractivity contribution >= 4 is 0 Å². The fraction of sp³-hybridized carbons (Fsp3) is 0.571. The molecule has 17 heavy (non-hydrogen) atoms. The second-order valence-electron chi connectivity index (χ2n) is 5.47. The lowest BCUT2D eigenvalue weighted by Gasteiger charge is -2.29. The Balaban J connectivity index is 2.97. The molecule has 0 spiro atoms. The quantitative estimate of drug-likeness (QED) is 0.316. The lowest BCUT2D eigenvalue weighted by molar-refractivity contribution is 0.451. The summed E-state index contributed by atoms with van der Waals surface area (Å²) < 4.78 is 0. The maximum atomic E-state index is 5.26. The van der Waals surface area contributed by atoms with E-state index in [0.29, 0.717) is 6.67 Å². The lowest BCUT2D eigenvalue weighted by Crippen LogP contribution is -2.41. The molecule has 0 unspecified atom stereocenters. The number of aryl methyl sites for hydroxylation is 3. The SMILES string of the molecule is Cc1cc(C)c(C(C)(C)CNCNN)c(C)c1. The summed E-state index contributed by atoms with van der Waals surface area (Å²) in [7, 11) is 0. The molecule has 3 heteroatoms. The smallest absolute Gasteiger partial charge is 0.0587 e. The van der Waals surface area contributed by atoms with E-state index in [1.807, 2.05) is 0 Å². The fourth-order valence-electron chi connectivity index (χ4n) is 2.78. The minimum Gasteiger partial charge on any atom is -0.303 e. The van der Waals surface area contributed by atoms with Gasteiger partial charge in [-0.05, 0) is 37.5 Å². The summed E-state index contributed by atoms with van der Waals surface area (Å²) >= 11 is 0. The fourth-order valence-corrected chi connectivity index (χ4v) is 2.78. The van der Waals surface area contributed by atoms with Gasteiger partial charge in [-0.15, -0.1) is 0 Å². The van der Waals surface area contributed by atoms with E-state index >= 15 is 0 Å². The number of hydrazine groups is 1. The van der Waals surface area contributed by atoms with E-state index in [1.165, 1.54) is 22.3 Å². The monoisotopic (exact) mass is 235 g/mol. The van der Waals surface area contributed by atoms with Crippen molar-refractivity contribution in [1.82, 2.24) is 10.7 Å². The highest BCUT2D eigenvalue weighted by Gasteiger charge is 2.24. The first kappa shape index (κ1) is 14.2. The summed E-state index contributed by atoms with van der Waals surface area (Å²) in [5.74, 6) is 5.26. The van der Waals surface area contributed by atoms with Crippen molar-refractivity contribution in [2.45, 2.75) is 40.0 Å². The van der Waals surface area contributed by atoms with E-state index in [-0.39, 0.29) is 5.41 Å². The average molecular weight is 235 g/mol. The molecule has 0 aliphatic heterocycles. The van der Waals surface area contributed by atoms with Crippen LogP contribution in [0.2, 0.25) is 0 Å². The first-order chi connectivity index (χ1) is 7.88. The van der Waals surface area contributed by atoms with Gasteiger partial charge >= 0.3 is 0 Å². The van der Waals surface area contributed by atoms with Crippen molar-refractivity contribution in [1.29, 1.82) is 0 Å². The molecule has 0 heterocycles. The van der Waals surface area contributed by atoms with Gasteiger partial charge in [-0.25, -0.2) is 5.43 Å². The van der Waals surface area contributed by atoms with Crippen LogP contribution < -0.4 is 16.6 Å². The Morgan fingerprint density at radius 2 is 1.65 bits per heavy atom. The highest BCUT2D eigenvalue weighted by Crippen LogP contribution is 2.29. The molecule has 0 aliphatic rings. The minimum atomic E-state index is 0.110. The molecular formula is C14H25N3. The number of rotatable bonds is 5. The highest BCUT2D eigenvalue weighted by atomic mass is 15.3. The molecule has 1 aromatic carbocycles. The average Bonchev–Trinajstić information content (AvgIpc) is 2.15. The zero-order valence-electron chi connectivity index (χ0n) is 11.6. The van der Waals surface area contributed by atoms with Gasteiger partial charge in [0.15, 0.2) is 0 Å². The van der Waals surface area contributed by atoms with Crippen molar-refractivity contribution < 1.29 is 0 Å². The second kappa shape index (κ2) is 5.63. The van der Waals surface area contributed by atoms with Gasteiger partial charge in [0.05, 0.1) is 6.67 Å². The standard InChI is InChI=1S/C14H25N3/c1-10-6-11(2)13(12(3)7-10)14(4,5)8-16-9-17-15/h6-7,16-17H,8-9,15H2,1-5H3. The Labute approximate surface area is 105 Å². The van der Waals surface area contributed by atoms with Crippen molar-refractivity contribution in [3.05, 3.63) is 34.4 Å². The summed E-state index contributed by atoms with van der Waals surface area (Å²) in [6.07, 6.45) is 0. The highest BCUT2D eigenvalue weighted by molar-refractivity contribution is 5.42. The van der Waals surface area contributed by atoms with Crippen LogP contribution in [0.3, 0.4) is 0 Å². The Bertz CT molecular complexity index is 360. The van der Waals surface area contributed by atoms with Crippen LogP contribution in [0.25, 0.3) is 0 Å². The van der Waals surface area contributed by atoms with Crippen LogP contribution in [0.15, 0.2) is 12.1 Å². The number of nitrogens with one attached hydrogen (secondary N) is 2. The molecule has 0 saturated carbocycles.